The number of halogens is 7. The van der Waals surface area contributed by atoms with Crippen molar-refractivity contribution < 1.29 is 49.6 Å². The van der Waals surface area contributed by atoms with Crippen molar-refractivity contribution in [3.8, 4) is 0 Å². The summed E-state index contributed by atoms with van der Waals surface area (Å²) in [6, 6.07) is 10.1. The van der Waals surface area contributed by atoms with E-state index >= 15 is 0 Å². The van der Waals surface area contributed by atoms with Gasteiger partial charge < -0.3 is 14.9 Å². The molecule has 1 N–H and O–H groups in total. The molecule has 4 rings (SSSR count). The van der Waals surface area contributed by atoms with Crippen LogP contribution in [0.3, 0.4) is 0 Å². The molecule has 2 atom stereocenters. The number of benzene rings is 2. The molecule has 0 spiro atoms. The van der Waals surface area contributed by atoms with Gasteiger partial charge in [0.05, 0.1) is 16.0 Å². The van der Waals surface area contributed by atoms with Crippen molar-refractivity contribution in [2.24, 2.45) is 5.92 Å². The Morgan fingerprint density at radius 2 is 1.43 bits per heavy atom. The summed E-state index contributed by atoms with van der Waals surface area (Å²) in [7, 11) is -1.23. The van der Waals surface area contributed by atoms with Gasteiger partial charge in [0.15, 0.2) is 0 Å². The lowest BCUT2D eigenvalue weighted by atomic mass is 9.92. The van der Waals surface area contributed by atoms with Crippen molar-refractivity contribution >= 4 is 23.1 Å². The summed E-state index contributed by atoms with van der Waals surface area (Å²) in [4.78, 5) is 27.5. The van der Waals surface area contributed by atoms with Gasteiger partial charge in [-0.05, 0) is 43.5 Å². The van der Waals surface area contributed by atoms with Crippen LogP contribution < -0.4 is 0 Å². The molecule has 0 aromatic heterocycles. The average molecular weight is 597 g/mol. The van der Waals surface area contributed by atoms with Crippen molar-refractivity contribution in [2.75, 3.05) is 26.2 Å². The average Bonchev–Trinajstić information content (AvgIpc) is 3.42. The maximum atomic E-state index is 13.0. The Morgan fingerprint density at radius 1 is 0.875 bits per heavy atom. The zero-order valence-corrected chi connectivity index (χ0v) is 21.8. The van der Waals surface area contributed by atoms with E-state index in [1.807, 2.05) is 0 Å². The zero-order chi connectivity index (χ0) is 29.7. The molecule has 0 aliphatic carbocycles. The molecule has 0 radical (unpaired) electrons. The highest BCUT2D eigenvalue weighted by Gasteiger charge is 2.71. The van der Waals surface area contributed by atoms with E-state index in [1.165, 1.54) is 18.2 Å². The maximum absolute atomic E-state index is 13.0. The van der Waals surface area contributed by atoms with Gasteiger partial charge in [-0.2, -0.15) is 26.3 Å². The van der Waals surface area contributed by atoms with Crippen LogP contribution in [0.1, 0.15) is 24.8 Å². The van der Waals surface area contributed by atoms with Crippen LogP contribution >= 0.6 is 0 Å². The Balaban J connectivity index is 0.000000241. The molecule has 2 saturated heterocycles. The quantitative estimate of drug-likeness (QED) is 0.410. The lowest BCUT2D eigenvalue weighted by molar-refractivity contribution is -0.376. The van der Waals surface area contributed by atoms with Crippen LogP contribution in [-0.4, -0.2) is 75.2 Å². The summed E-state index contributed by atoms with van der Waals surface area (Å²) in [6.45, 7) is 2.35. The molecule has 2 unspecified atom stereocenters. The number of piperidine rings is 1. The number of hydrogen-bond acceptors (Lipinski definition) is 4. The molecule has 2 aromatic carbocycles. The van der Waals surface area contributed by atoms with Crippen LogP contribution in [0, 0.1) is 11.7 Å². The minimum atomic E-state index is -5.83. The van der Waals surface area contributed by atoms with E-state index in [0.717, 1.165) is 18.5 Å². The number of likely N-dealkylation sites (tertiary alicyclic amines) is 2. The van der Waals surface area contributed by atoms with E-state index < -0.39 is 34.3 Å². The van der Waals surface area contributed by atoms with Gasteiger partial charge in [0.1, 0.15) is 5.82 Å². The van der Waals surface area contributed by atoms with Crippen LogP contribution in [0.2, 0.25) is 0 Å². The molecule has 2 aliphatic rings. The third-order valence-corrected chi connectivity index (χ3v) is 8.57. The molecule has 0 bridgehead atoms. The number of nitrogens with zero attached hydrogens (tertiary/aromatic N) is 2. The first-order valence-corrected chi connectivity index (χ1v) is 13.5. The van der Waals surface area contributed by atoms with Crippen molar-refractivity contribution in [1.29, 1.82) is 0 Å². The van der Waals surface area contributed by atoms with Crippen LogP contribution in [0.25, 0.3) is 0 Å². The van der Waals surface area contributed by atoms with E-state index in [4.69, 9.17) is 5.11 Å². The molecule has 2 fully saturated rings. The first-order valence-electron chi connectivity index (χ1n) is 12.2. The number of alkyl halides is 6. The number of hydrogen-bond donors (Lipinski definition) is 1. The minimum Gasteiger partial charge on any atom is -0.369 e. The first-order chi connectivity index (χ1) is 18.7. The van der Waals surface area contributed by atoms with Crippen molar-refractivity contribution in [1.82, 2.24) is 9.80 Å². The normalized spacial score (nSPS) is 19.6. The van der Waals surface area contributed by atoms with Gasteiger partial charge in [-0.15, -0.1) is 0 Å². The Labute approximate surface area is 228 Å². The second-order valence-corrected chi connectivity index (χ2v) is 11.2. The fourth-order valence-corrected chi connectivity index (χ4v) is 5.97. The van der Waals surface area contributed by atoms with E-state index in [2.05, 4.69) is 0 Å². The van der Waals surface area contributed by atoms with Gasteiger partial charge in [-0.3, -0.25) is 13.8 Å². The van der Waals surface area contributed by atoms with Crippen molar-refractivity contribution in [3.05, 3.63) is 66.0 Å². The number of carbonyl (C=O) groups is 2. The topological polar surface area (TPSA) is 77.9 Å². The van der Waals surface area contributed by atoms with Crippen molar-refractivity contribution in [3.63, 3.8) is 0 Å². The van der Waals surface area contributed by atoms with E-state index in [-0.39, 0.29) is 22.9 Å². The second-order valence-electron chi connectivity index (χ2n) is 9.43. The highest BCUT2D eigenvalue weighted by atomic mass is 32.2. The summed E-state index contributed by atoms with van der Waals surface area (Å²) >= 11 is 0. The van der Waals surface area contributed by atoms with Crippen LogP contribution in [0.15, 0.2) is 59.5 Å². The smallest absolute Gasteiger partial charge is 0.369 e. The number of amides is 2. The lowest BCUT2D eigenvalue weighted by Gasteiger charge is -2.32. The SMILES string of the molecule is O=CN1CCC(C(=O)N2CCC(S(=O)c3ccc(F)cc3)C2)CC1.OC(c1ccccc1)(C(F)(F)F)C(F)(F)F. The Kier molecular flexibility index (Phi) is 9.99. The molecule has 14 heteroatoms. The summed E-state index contributed by atoms with van der Waals surface area (Å²) in [5.41, 5.74) is -6.09. The molecular weight excluding hydrogens is 569 g/mol. The molecular formula is C26H27F7N2O4S. The summed E-state index contributed by atoms with van der Waals surface area (Å²) in [6.07, 6.45) is -8.74. The van der Waals surface area contributed by atoms with E-state index in [0.29, 0.717) is 62.5 Å². The third-order valence-electron chi connectivity index (χ3n) is 6.85. The zero-order valence-electron chi connectivity index (χ0n) is 21.0. The summed E-state index contributed by atoms with van der Waals surface area (Å²) < 4.78 is 99.5. The van der Waals surface area contributed by atoms with Crippen LogP contribution in [-0.2, 0) is 26.0 Å². The Bertz CT molecular complexity index is 1150. The third kappa shape index (κ3) is 7.00. The van der Waals surface area contributed by atoms with Gasteiger partial charge >= 0.3 is 12.4 Å². The molecule has 0 saturated carbocycles. The van der Waals surface area contributed by atoms with Crippen molar-refractivity contribution in [2.45, 2.75) is 47.4 Å². The number of carbonyl (C=O) groups excluding carboxylic acids is 2. The van der Waals surface area contributed by atoms with Gasteiger partial charge in [0, 0.05) is 42.6 Å². The Morgan fingerprint density at radius 3 is 1.93 bits per heavy atom. The largest absolute Gasteiger partial charge is 0.430 e. The minimum absolute atomic E-state index is 0.0424. The Hall–Kier alpha value is -3.00. The fraction of sp³-hybridized carbons (Fsp3) is 0.462. The van der Waals surface area contributed by atoms with E-state index in [1.54, 1.807) is 21.9 Å². The predicted octanol–water partition coefficient (Wildman–Crippen LogP) is 4.40. The molecule has 40 heavy (non-hydrogen) atoms. The molecule has 2 heterocycles. The van der Waals surface area contributed by atoms with Crippen LogP contribution in [0.4, 0.5) is 30.7 Å². The molecule has 220 valence electrons. The van der Waals surface area contributed by atoms with E-state index in [9.17, 15) is 44.5 Å². The number of rotatable bonds is 5. The standard InChI is InChI=1S/C17H21FN2O3S.C9H6F6O/c18-14-1-3-15(4-2-14)24(23)16-7-10-20(11-16)17(22)13-5-8-19(12-21)9-6-13;10-8(11,12)7(16,9(13,14)15)6-4-2-1-3-5-6/h1-4,12-13,16H,5-11H2;1-5,16H. The fourth-order valence-electron chi connectivity index (χ4n) is 4.54. The molecule has 6 nitrogen and oxygen atoms in total. The first kappa shape index (κ1) is 31.5. The molecule has 2 amide bonds. The second kappa shape index (κ2) is 12.7. The lowest BCUT2D eigenvalue weighted by Crippen LogP contribution is -2.53. The highest BCUT2D eigenvalue weighted by Crippen LogP contribution is 2.49. The maximum Gasteiger partial charge on any atom is 0.430 e. The highest BCUT2D eigenvalue weighted by molar-refractivity contribution is 7.85. The summed E-state index contributed by atoms with van der Waals surface area (Å²) in [5.74, 6) is -0.279. The predicted molar refractivity (Wildman–Crippen MR) is 131 cm³/mol. The monoisotopic (exact) mass is 596 g/mol. The van der Waals surface area contributed by atoms with Gasteiger partial charge in [0.25, 0.3) is 5.60 Å². The van der Waals surface area contributed by atoms with Gasteiger partial charge in [0.2, 0.25) is 12.3 Å². The van der Waals surface area contributed by atoms with Gasteiger partial charge in [-0.25, -0.2) is 4.39 Å². The summed E-state index contributed by atoms with van der Waals surface area (Å²) in [5, 5.41) is 8.80. The van der Waals surface area contributed by atoms with Gasteiger partial charge in [-0.1, -0.05) is 30.3 Å². The molecule has 2 aromatic rings. The number of aliphatic hydroxyl groups is 1. The van der Waals surface area contributed by atoms with Crippen LogP contribution in [0.5, 0.6) is 0 Å². The molecule has 2 aliphatic heterocycles.